The van der Waals surface area contributed by atoms with Gasteiger partial charge in [-0.25, -0.2) is 0 Å². The van der Waals surface area contributed by atoms with Gasteiger partial charge in [0.2, 0.25) is 5.91 Å². The van der Waals surface area contributed by atoms with Crippen LogP contribution in [0.2, 0.25) is 0 Å². The number of carbonyl (C=O) groups excluding carboxylic acids is 1. The lowest BCUT2D eigenvalue weighted by atomic mass is 9.99. The average molecular weight is 299 g/mol. The maximum Gasteiger partial charge on any atom is 0.228 e. The molecule has 2 atom stereocenters. The molecule has 0 aromatic heterocycles. The van der Waals surface area contributed by atoms with E-state index in [1.165, 1.54) is 10.5 Å². The van der Waals surface area contributed by atoms with Crippen LogP contribution in [0.4, 0.5) is 0 Å². The molecule has 1 fully saturated rings. The zero-order valence-electron chi connectivity index (χ0n) is 10.7. The van der Waals surface area contributed by atoms with Gasteiger partial charge in [-0.15, -0.1) is 24.2 Å². The Bertz CT molecular complexity index is 449. The predicted octanol–water partition coefficient (Wildman–Crippen LogP) is 2.17. The molecule has 0 saturated carbocycles. The van der Waals surface area contributed by atoms with Gasteiger partial charge in [-0.05, 0) is 31.0 Å². The molecule has 19 heavy (non-hydrogen) atoms. The van der Waals surface area contributed by atoms with Gasteiger partial charge in [-0.2, -0.15) is 0 Å². The molecule has 5 heteroatoms. The van der Waals surface area contributed by atoms with Crippen molar-refractivity contribution in [1.29, 1.82) is 0 Å². The van der Waals surface area contributed by atoms with E-state index in [2.05, 4.69) is 22.8 Å². The molecule has 2 heterocycles. The Kier molecular flexibility index (Phi) is 5.13. The summed E-state index contributed by atoms with van der Waals surface area (Å²) in [5.74, 6) is 1.11. The van der Waals surface area contributed by atoms with Crippen molar-refractivity contribution in [3.8, 4) is 0 Å². The Labute approximate surface area is 124 Å². The van der Waals surface area contributed by atoms with Crippen molar-refractivity contribution < 1.29 is 4.79 Å². The molecule has 1 aromatic rings. The van der Waals surface area contributed by atoms with E-state index in [1.54, 1.807) is 11.8 Å². The molecular weight excluding hydrogens is 280 g/mol. The normalized spacial score (nSPS) is 25.3. The van der Waals surface area contributed by atoms with Crippen molar-refractivity contribution in [2.45, 2.75) is 29.7 Å². The molecule has 3 rings (SSSR count). The summed E-state index contributed by atoms with van der Waals surface area (Å²) in [6, 6.07) is 8.56. The second kappa shape index (κ2) is 6.64. The number of halogens is 1. The summed E-state index contributed by atoms with van der Waals surface area (Å²) in [5, 5.41) is 6.52. The van der Waals surface area contributed by atoms with Crippen molar-refractivity contribution in [1.82, 2.24) is 10.6 Å². The first-order chi connectivity index (χ1) is 8.84. The molecule has 104 valence electrons. The van der Waals surface area contributed by atoms with Crippen LogP contribution in [0.3, 0.4) is 0 Å². The van der Waals surface area contributed by atoms with E-state index in [0.29, 0.717) is 6.04 Å². The van der Waals surface area contributed by atoms with E-state index < -0.39 is 0 Å². The number of benzene rings is 1. The molecule has 1 amide bonds. The lowest BCUT2D eigenvalue weighted by Gasteiger charge is -2.25. The van der Waals surface area contributed by atoms with Gasteiger partial charge in [0, 0.05) is 23.2 Å². The van der Waals surface area contributed by atoms with Crippen molar-refractivity contribution >= 4 is 30.1 Å². The highest BCUT2D eigenvalue weighted by Gasteiger charge is 2.30. The van der Waals surface area contributed by atoms with Crippen LogP contribution in [0.5, 0.6) is 0 Å². The molecule has 1 aromatic carbocycles. The topological polar surface area (TPSA) is 41.1 Å². The average Bonchev–Trinajstić information content (AvgIpc) is 2.84. The van der Waals surface area contributed by atoms with Crippen LogP contribution in [0.1, 0.15) is 24.3 Å². The molecule has 0 radical (unpaired) electrons. The third kappa shape index (κ3) is 3.25. The molecule has 2 aliphatic rings. The molecule has 0 aliphatic carbocycles. The fraction of sp³-hybridized carbons (Fsp3) is 0.500. The Morgan fingerprint density at radius 3 is 3.00 bits per heavy atom. The summed E-state index contributed by atoms with van der Waals surface area (Å²) in [6.07, 6.45) is 2.25. The van der Waals surface area contributed by atoms with Gasteiger partial charge < -0.3 is 10.6 Å². The quantitative estimate of drug-likeness (QED) is 0.879. The highest BCUT2D eigenvalue weighted by molar-refractivity contribution is 7.99. The molecule has 0 spiro atoms. The third-order valence-electron chi connectivity index (χ3n) is 3.66. The Balaban J connectivity index is 0.00000133. The lowest BCUT2D eigenvalue weighted by Crippen LogP contribution is -2.47. The van der Waals surface area contributed by atoms with Crippen molar-refractivity contribution in [2.24, 2.45) is 0 Å². The zero-order chi connectivity index (χ0) is 12.4. The van der Waals surface area contributed by atoms with Crippen molar-refractivity contribution in [3.63, 3.8) is 0 Å². The maximum atomic E-state index is 12.3. The van der Waals surface area contributed by atoms with E-state index in [1.807, 2.05) is 12.1 Å². The van der Waals surface area contributed by atoms with Crippen LogP contribution in [0.15, 0.2) is 29.2 Å². The molecule has 3 nitrogen and oxygen atoms in total. The van der Waals surface area contributed by atoms with E-state index in [-0.39, 0.29) is 24.2 Å². The van der Waals surface area contributed by atoms with Crippen molar-refractivity contribution in [3.05, 3.63) is 29.8 Å². The van der Waals surface area contributed by atoms with Gasteiger partial charge >= 0.3 is 0 Å². The minimum absolute atomic E-state index is 0. The minimum atomic E-state index is 0. The fourth-order valence-electron chi connectivity index (χ4n) is 2.66. The smallest absolute Gasteiger partial charge is 0.228 e. The van der Waals surface area contributed by atoms with Crippen LogP contribution in [-0.2, 0) is 4.79 Å². The summed E-state index contributed by atoms with van der Waals surface area (Å²) >= 11 is 1.79. The largest absolute Gasteiger partial charge is 0.352 e. The summed E-state index contributed by atoms with van der Waals surface area (Å²) in [5.41, 5.74) is 1.20. The fourth-order valence-corrected chi connectivity index (χ4v) is 3.89. The van der Waals surface area contributed by atoms with Gasteiger partial charge in [0.25, 0.3) is 0 Å². The van der Waals surface area contributed by atoms with Crippen LogP contribution in [-0.4, -0.2) is 30.8 Å². The second-order valence-corrected chi connectivity index (χ2v) is 6.02. The summed E-state index contributed by atoms with van der Waals surface area (Å²) < 4.78 is 0. The Morgan fingerprint density at radius 2 is 2.21 bits per heavy atom. The molecular formula is C14H19ClN2OS. The number of hydrogen-bond acceptors (Lipinski definition) is 3. The Morgan fingerprint density at radius 1 is 1.37 bits per heavy atom. The van der Waals surface area contributed by atoms with E-state index in [4.69, 9.17) is 0 Å². The van der Waals surface area contributed by atoms with Crippen LogP contribution in [0, 0.1) is 0 Å². The predicted molar refractivity (Wildman–Crippen MR) is 81.2 cm³/mol. The first kappa shape index (κ1) is 14.7. The van der Waals surface area contributed by atoms with Gasteiger partial charge in [-0.3, -0.25) is 4.79 Å². The van der Waals surface area contributed by atoms with Crippen LogP contribution in [0.25, 0.3) is 0 Å². The molecule has 2 aliphatic heterocycles. The van der Waals surface area contributed by atoms with E-state index in [9.17, 15) is 4.79 Å². The first-order valence-corrected chi connectivity index (χ1v) is 7.56. The highest BCUT2D eigenvalue weighted by atomic mass is 35.5. The molecule has 1 saturated heterocycles. The number of piperidine rings is 1. The summed E-state index contributed by atoms with van der Waals surface area (Å²) in [4.78, 5) is 13.6. The maximum absolute atomic E-state index is 12.3. The minimum Gasteiger partial charge on any atom is -0.352 e. The number of fused-ring (bicyclic) bond motifs is 1. The second-order valence-electron chi connectivity index (χ2n) is 4.95. The van der Waals surface area contributed by atoms with E-state index >= 15 is 0 Å². The lowest BCUT2D eigenvalue weighted by molar-refractivity contribution is -0.122. The Hall–Kier alpha value is -0.710. The zero-order valence-corrected chi connectivity index (χ0v) is 12.4. The number of rotatable bonds is 2. The summed E-state index contributed by atoms with van der Waals surface area (Å²) in [7, 11) is 0. The van der Waals surface area contributed by atoms with Crippen LogP contribution < -0.4 is 10.6 Å². The van der Waals surface area contributed by atoms with E-state index in [0.717, 1.165) is 31.7 Å². The van der Waals surface area contributed by atoms with Gasteiger partial charge in [0.1, 0.15) is 0 Å². The molecule has 2 N–H and O–H groups in total. The van der Waals surface area contributed by atoms with Gasteiger partial charge in [0.05, 0.1) is 5.92 Å². The number of carbonyl (C=O) groups is 1. The SMILES string of the molecule is Cl.O=C(N[C@@H]1CCCNC1)C1CSc2ccccc21. The van der Waals surface area contributed by atoms with Gasteiger partial charge in [-0.1, -0.05) is 18.2 Å². The van der Waals surface area contributed by atoms with Gasteiger partial charge in [0.15, 0.2) is 0 Å². The molecule has 1 unspecified atom stereocenters. The monoisotopic (exact) mass is 298 g/mol. The third-order valence-corrected chi connectivity index (χ3v) is 4.84. The number of nitrogens with one attached hydrogen (secondary N) is 2. The number of hydrogen-bond donors (Lipinski definition) is 2. The summed E-state index contributed by atoms with van der Waals surface area (Å²) in [6.45, 7) is 1.99. The van der Waals surface area contributed by atoms with Crippen LogP contribution >= 0.6 is 24.2 Å². The van der Waals surface area contributed by atoms with Crippen molar-refractivity contribution in [2.75, 3.05) is 18.8 Å². The first-order valence-electron chi connectivity index (χ1n) is 6.57. The number of amides is 1. The standard InChI is InChI=1S/C14H18N2OS.ClH/c17-14(16-10-4-3-7-15-8-10)12-9-18-13-6-2-1-5-11(12)13;/h1-2,5-6,10,12,15H,3-4,7-9H2,(H,16,17);1H/t10-,12?;/m1./s1. The highest BCUT2D eigenvalue weighted by Crippen LogP contribution is 2.39. The molecule has 0 bridgehead atoms. The number of thioether (sulfide) groups is 1.